The van der Waals surface area contributed by atoms with Crippen LogP contribution in [0.3, 0.4) is 0 Å². The number of aromatic nitrogens is 2. The Morgan fingerprint density at radius 3 is 2.68 bits per heavy atom. The summed E-state index contributed by atoms with van der Waals surface area (Å²) in [5.74, 6) is 0.421. The molecular formula is C19H16FN3OS. The lowest BCUT2D eigenvalue weighted by Crippen LogP contribution is -2.24. The third kappa shape index (κ3) is 3.17. The van der Waals surface area contributed by atoms with Crippen LogP contribution in [0.15, 0.2) is 59.8 Å². The predicted molar refractivity (Wildman–Crippen MR) is 96.0 cm³/mol. The Labute approximate surface area is 149 Å². The summed E-state index contributed by atoms with van der Waals surface area (Å²) in [4.78, 5) is 17.1. The standard InChI is InChI=1S/C19H16FN3OS/c20-15-8-6-14(7-9-15)18(24)21-12-16-17(13-4-2-1-3-5-13)22-19-23(16)10-11-25-19/h1-9H,10-12H2,(H,21,24). The van der Waals surface area contributed by atoms with E-state index in [-0.39, 0.29) is 11.7 Å². The zero-order chi connectivity index (χ0) is 17.2. The second-order valence-corrected chi connectivity index (χ2v) is 6.81. The predicted octanol–water partition coefficient (Wildman–Crippen LogP) is 3.72. The third-order valence-electron chi connectivity index (χ3n) is 4.15. The van der Waals surface area contributed by atoms with E-state index in [2.05, 4.69) is 9.88 Å². The van der Waals surface area contributed by atoms with Crippen molar-refractivity contribution in [3.05, 3.63) is 71.7 Å². The number of benzene rings is 2. The van der Waals surface area contributed by atoms with Crippen LogP contribution in [-0.2, 0) is 13.1 Å². The summed E-state index contributed by atoms with van der Waals surface area (Å²) in [6.45, 7) is 1.27. The van der Waals surface area contributed by atoms with E-state index in [1.54, 1.807) is 11.8 Å². The molecule has 0 fully saturated rings. The largest absolute Gasteiger partial charge is 0.346 e. The fourth-order valence-electron chi connectivity index (χ4n) is 2.91. The van der Waals surface area contributed by atoms with Gasteiger partial charge in [-0.3, -0.25) is 4.79 Å². The van der Waals surface area contributed by atoms with Crippen molar-refractivity contribution in [2.45, 2.75) is 18.2 Å². The Balaban J connectivity index is 1.60. The molecule has 2 heterocycles. The normalized spacial score (nSPS) is 12.8. The molecule has 2 aromatic carbocycles. The lowest BCUT2D eigenvalue weighted by molar-refractivity contribution is 0.0950. The highest BCUT2D eigenvalue weighted by Gasteiger charge is 2.22. The number of amides is 1. The molecule has 1 aromatic heterocycles. The molecule has 4 rings (SSSR count). The zero-order valence-electron chi connectivity index (χ0n) is 13.4. The van der Waals surface area contributed by atoms with Gasteiger partial charge in [0.1, 0.15) is 5.82 Å². The molecule has 0 saturated carbocycles. The molecule has 6 heteroatoms. The van der Waals surface area contributed by atoms with Crippen molar-refractivity contribution in [2.24, 2.45) is 0 Å². The fraction of sp³-hybridized carbons (Fsp3) is 0.158. The second kappa shape index (κ2) is 6.72. The molecule has 1 N–H and O–H groups in total. The van der Waals surface area contributed by atoms with Crippen molar-refractivity contribution in [1.29, 1.82) is 0 Å². The van der Waals surface area contributed by atoms with E-state index in [0.717, 1.165) is 34.4 Å². The van der Waals surface area contributed by atoms with E-state index in [9.17, 15) is 9.18 Å². The topological polar surface area (TPSA) is 46.9 Å². The molecule has 0 aliphatic carbocycles. The molecule has 4 nitrogen and oxygen atoms in total. The molecule has 1 aliphatic heterocycles. The van der Waals surface area contributed by atoms with E-state index in [0.29, 0.717) is 12.1 Å². The van der Waals surface area contributed by atoms with Crippen LogP contribution >= 0.6 is 11.8 Å². The average Bonchev–Trinajstić information content (AvgIpc) is 3.22. The number of nitrogens with zero attached hydrogens (tertiary/aromatic N) is 2. The molecule has 126 valence electrons. The number of carbonyl (C=O) groups excluding carboxylic acids is 1. The van der Waals surface area contributed by atoms with Gasteiger partial charge in [0.25, 0.3) is 5.91 Å². The molecule has 0 unspecified atom stereocenters. The summed E-state index contributed by atoms with van der Waals surface area (Å²) in [5.41, 5.74) is 3.39. The highest BCUT2D eigenvalue weighted by Crippen LogP contribution is 2.33. The zero-order valence-corrected chi connectivity index (χ0v) is 14.2. The Morgan fingerprint density at radius 2 is 1.92 bits per heavy atom. The number of hydrogen-bond acceptors (Lipinski definition) is 3. The molecule has 3 aromatic rings. The first-order valence-corrected chi connectivity index (χ1v) is 9.02. The number of carbonyl (C=O) groups is 1. The molecule has 0 bridgehead atoms. The maximum atomic E-state index is 13.0. The van der Waals surface area contributed by atoms with Crippen LogP contribution in [-0.4, -0.2) is 21.2 Å². The van der Waals surface area contributed by atoms with E-state index >= 15 is 0 Å². The Bertz CT molecular complexity index is 906. The smallest absolute Gasteiger partial charge is 0.251 e. The van der Waals surface area contributed by atoms with E-state index in [1.165, 1.54) is 24.3 Å². The van der Waals surface area contributed by atoms with Gasteiger partial charge in [-0.05, 0) is 24.3 Å². The monoisotopic (exact) mass is 353 g/mol. The second-order valence-electron chi connectivity index (χ2n) is 5.75. The van der Waals surface area contributed by atoms with Gasteiger partial charge in [0.05, 0.1) is 17.9 Å². The van der Waals surface area contributed by atoms with Crippen molar-refractivity contribution in [3.63, 3.8) is 0 Å². The summed E-state index contributed by atoms with van der Waals surface area (Å²) in [6.07, 6.45) is 0. The van der Waals surface area contributed by atoms with E-state index in [1.807, 2.05) is 30.3 Å². The number of thioether (sulfide) groups is 1. The third-order valence-corrected chi connectivity index (χ3v) is 5.11. The minimum absolute atomic E-state index is 0.222. The van der Waals surface area contributed by atoms with Gasteiger partial charge in [-0.25, -0.2) is 9.37 Å². The quantitative estimate of drug-likeness (QED) is 0.777. The van der Waals surface area contributed by atoms with Gasteiger partial charge in [0, 0.05) is 23.4 Å². The van der Waals surface area contributed by atoms with E-state index in [4.69, 9.17) is 4.98 Å². The lowest BCUT2D eigenvalue weighted by Gasteiger charge is -2.10. The first kappa shape index (κ1) is 15.9. The fourth-order valence-corrected chi connectivity index (χ4v) is 3.88. The van der Waals surface area contributed by atoms with Crippen molar-refractivity contribution < 1.29 is 9.18 Å². The lowest BCUT2D eigenvalue weighted by atomic mass is 10.1. The van der Waals surface area contributed by atoms with Gasteiger partial charge in [0.2, 0.25) is 0 Å². The number of fused-ring (bicyclic) bond motifs is 1. The van der Waals surface area contributed by atoms with Crippen molar-refractivity contribution >= 4 is 17.7 Å². The molecule has 0 saturated heterocycles. The van der Waals surface area contributed by atoms with Crippen LogP contribution in [0.2, 0.25) is 0 Å². The van der Waals surface area contributed by atoms with Gasteiger partial charge >= 0.3 is 0 Å². The first-order chi connectivity index (χ1) is 12.2. The number of rotatable bonds is 4. The maximum absolute atomic E-state index is 13.0. The van der Waals surface area contributed by atoms with Crippen LogP contribution in [0.25, 0.3) is 11.3 Å². The molecule has 0 atom stereocenters. The number of nitrogens with one attached hydrogen (secondary N) is 1. The summed E-state index contributed by atoms with van der Waals surface area (Å²) in [7, 11) is 0. The SMILES string of the molecule is O=C(NCc1c(-c2ccccc2)nc2n1CCS2)c1ccc(F)cc1. The van der Waals surface area contributed by atoms with Crippen LogP contribution in [0.5, 0.6) is 0 Å². The molecular weight excluding hydrogens is 337 g/mol. The van der Waals surface area contributed by atoms with Crippen molar-refractivity contribution in [3.8, 4) is 11.3 Å². The van der Waals surface area contributed by atoms with Crippen LogP contribution in [0.1, 0.15) is 16.1 Å². The summed E-state index contributed by atoms with van der Waals surface area (Å²) in [6, 6.07) is 15.5. The van der Waals surface area contributed by atoms with Gasteiger partial charge in [-0.15, -0.1) is 0 Å². The number of halogens is 1. The Kier molecular flexibility index (Phi) is 4.28. The van der Waals surface area contributed by atoms with Gasteiger partial charge in [0.15, 0.2) is 5.16 Å². The minimum Gasteiger partial charge on any atom is -0.346 e. The number of imidazole rings is 1. The van der Waals surface area contributed by atoms with Crippen LogP contribution in [0.4, 0.5) is 4.39 Å². The van der Waals surface area contributed by atoms with Gasteiger partial charge < -0.3 is 9.88 Å². The molecule has 1 amide bonds. The molecule has 1 aliphatic rings. The number of hydrogen-bond donors (Lipinski definition) is 1. The average molecular weight is 353 g/mol. The highest BCUT2D eigenvalue weighted by atomic mass is 32.2. The van der Waals surface area contributed by atoms with Crippen LogP contribution in [0, 0.1) is 5.82 Å². The van der Waals surface area contributed by atoms with Crippen LogP contribution < -0.4 is 5.32 Å². The molecule has 25 heavy (non-hydrogen) atoms. The van der Waals surface area contributed by atoms with Gasteiger partial charge in [-0.1, -0.05) is 42.1 Å². The van der Waals surface area contributed by atoms with Gasteiger partial charge in [-0.2, -0.15) is 0 Å². The summed E-state index contributed by atoms with van der Waals surface area (Å²) in [5, 5.41) is 3.92. The highest BCUT2D eigenvalue weighted by molar-refractivity contribution is 7.99. The minimum atomic E-state index is -0.353. The first-order valence-electron chi connectivity index (χ1n) is 8.04. The molecule has 0 radical (unpaired) electrons. The maximum Gasteiger partial charge on any atom is 0.251 e. The summed E-state index contributed by atoms with van der Waals surface area (Å²) >= 11 is 1.73. The summed E-state index contributed by atoms with van der Waals surface area (Å²) < 4.78 is 15.2. The Hall–Kier alpha value is -2.60. The van der Waals surface area contributed by atoms with Crippen molar-refractivity contribution in [1.82, 2.24) is 14.9 Å². The Morgan fingerprint density at radius 1 is 1.16 bits per heavy atom. The van der Waals surface area contributed by atoms with Crippen molar-refractivity contribution in [2.75, 3.05) is 5.75 Å². The van der Waals surface area contributed by atoms with E-state index < -0.39 is 0 Å². The molecule has 0 spiro atoms.